The van der Waals surface area contributed by atoms with Crippen molar-refractivity contribution in [2.75, 3.05) is 7.11 Å². The summed E-state index contributed by atoms with van der Waals surface area (Å²) in [6.07, 6.45) is 4.17. The second-order valence-electron chi connectivity index (χ2n) is 7.14. The predicted octanol–water partition coefficient (Wildman–Crippen LogP) is 5.62. The van der Waals surface area contributed by atoms with E-state index in [2.05, 4.69) is 4.98 Å². The van der Waals surface area contributed by atoms with Gasteiger partial charge in [-0.1, -0.05) is 23.7 Å². The molecule has 0 unspecified atom stereocenters. The Morgan fingerprint density at radius 1 is 1.00 bits per heavy atom. The van der Waals surface area contributed by atoms with Crippen LogP contribution in [0.5, 0.6) is 5.75 Å². The molecule has 0 N–H and O–H groups in total. The van der Waals surface area contributed by atoms with Gasteiger partial charge in [0, 0.05) is 33.9 Å². The summed E-state index contributed by atoms with van der Waals surface area (Å²) in [5, 5.41) is 6.22. The molecule has 0 saturated heterocycles. The molecule has 0 spiro atoms. The van der Waals surface area contributed by atoms with Gasteiger partial charge in [-0.3, -0.25) is 4.79 Å². The number of carbonyl (C=O) groups is 1. The van der Waals surface area contributed by atoms with E-state index in [-0.39, 0.29) is 0 Å². The van der Waals surface area contributed by atoms with Gasteiger partial charge >= 0.3 is 0 Å². The van der Waals surface area contributed by atoms with Crippen LogP contribution in [0.2, 0.25) is 5.02 Å². The van der Waals surface area contributed by atoms with Crippen molar-refractivity contribution in [2.45, 2.75) is 0 Å². The van der Waals surface area contributed by atoms with Crippen LogP contribution in [0.4, 0.5) is 0 Å². The van der Waals surface area contributed by atoms with Gasteiger partial charge in [-0.05, 0) is 60.2 Å². The van der Waals surface area contributed by atoms with Crippen molar-refractivity contribution >= 4 is 28.9 Å². The average molecular weight is 441 g/mol. The summed E-state index contributed by atoms with van der Waals surface area (Å²) in [6, 6.07) is 20.8. The minimum Gasteiger partial charge on any atom is -0.497 e. The first kappa shape index (κ1) is 19.9. The summed E-state index contributed by atoms with van der Waals surface area (Å²) in [4.78, 5) is 21.0. The minimum absolute atomic E-state index is 0.454. The van der Waals surface area contributed by atoms with Gasteiger partial charge in [-0.2, -0.15) is 5.10 Å². The molecule has 0 bridgehead atoms. The first-order chi connectivity index (χ1) is 15.7. The molecule has 0 aliphatic carbocycles. The molecule has 7 heteroatoms. The molecule has 5 rings (SSSR count). The van der Waals surface area contributed by atoms with Crippen molar-refractivity contribution in [1.82, 2.24) is 19.7 Å². The molecule has 0 saturated carbocycles. The lowest BCUT2D eigenvalue weighted by molar-refractivity contribution is 0.112. The van der Waals surface area contributed by atoms with E-state index in [1.54, 1.807) is 24.2 Å². The number of fused-ring (bicyclic) bond motifs is 1. The molecule has 2 aromatic carbocycles. The van der Waals surface area contributed by atoms with E-state index in [9.17, 15) is 4.79 Å². The molecule has 6 nitrogen and oxygen atoms in total. The molecule has 156 valence electrons. The fraction of sp³-hybridized carbons (Fsp3) is 0.0400. The van der Waals surface area contributed by atoms with Crippen molar-refractivity contribution in [1.29, 1.82) is 0 Å². The van der Waals surface area contributed by atoms with Crippen LogP contribution in [0, 0.1) is 0 Å². The number of pyridine rings is 2. The second kappa shape index (κ2) is 8.24. The van der Waals surface area contributed by atoms with Crippen LogP contribution in [0.1, 0.15) is 10.4 Å². The van der Waals surface area contributed by atoms with Gasteiger partial charge in [0.1, 0.15) is 11.4 Å². The summed E-state index contributed by atoms with van der Waals surface area (Å²) >= 11 is 6.26. The maximum absolute atomic E-state index is 11.9. The van der Waals surface area contributed by atoms with Crippen LogP contribution in [0.15, 0.2) is 79.1 Å². The zero-order valence-electron chi connectivity index (χ0n) is 17.1. The lowest BCUT2D eigenvalue weighted by atomic mass is 10.1. The van der Waals surface area contributed by atoms with Crippen LogP contribution in [0.3, 0.4) is 0 Å². The zero-order chi connectivity index (χ0) is 22.1. The van der Waals surface area contributed by atoms with Crippen LogP contribution in [-0.4, -0.2) is 33.1 Å². The molecule has 3 aromatic heterocycles. The van der Waals surface area contributed by atoms with Gasteiger partial charge < -0.3 is 4.74 Å². The Balaban J connectivity index is 1.72. The maximum Gasteiger partial charge on any atom is 0.163 e. The van der Waals surface area contributed by atoms with Gasteiger partial charge in [-0.25, -0.2) is 14.6 Å². The topological polar surface area (TPSA) is 69.9 Å². The predicted molar refractivity (Wildman–Crippen MR) is 124 cm³/mol. The van der Waals surface area contributed by atoms with Crippen molar-refractivity contribution in [2.24, 2.45) is 0 Å². The van der Waals surface area contributed by atoms with E-state index in [1.807, 2.05) is 66.7 Å². The van der Waals surface area contributed by atoms with Crippen molar-refractivity contribution < 1.29 is 9.53 Å². The Labute approximate surface area is 189 Å². The standard InChI is InChI=1S/C25H17ClN4O2/c1-32-21-9-7-16(8-10-21)23-19(15-31)14-30(29-23)25-22(17-4-2-6-20(26)12-17)13-18-5-3-11-27-24(18)28-25/h2-15H,1H3. The highest BCUT2D eigenvalue weighted by molar-refractivity contribution is 6.30. The van der Waals surface area contributed by atoms with Crippen LogP contribution >= 0.6 is 11.6 Å². The summed E-state index contributed by atoms with van der Waals surface area (Å²) in [7, 11) is 1.61. The lowest BCUT2D eigenvalue weighted by Crippen LogP contribution is -2.03. The Bertz CT molecular complexity index is 1440. The highest BCUT2D eigenvalue weighted by Gasteiger charge is 2.17. The third-order valence-corrected chi connectivity index (χ3v) is 5.39. The normalized spacial score (nSPS) is 10.9. The number of methoxy groups -OCH3 is 1. The van der Waals surface area contributed by atoms with E-state index in [0.29, 0.717) is 27.7 Å². The number of carbonyl (C=O) groups excluding carboxylic acids is 1. The monoisotopic (exact) mass is 440 g/mol. The van der Waals surface area contributed by atoms with Crippen LogP contribution in [-0.2, 0) is 0 Å². The van der Waals surface area contributed by atoms with Gasteiger partial charge in [0.2, 0.25) is 0 Å². The number of rotatable bonds is 5. The fourth-order valence-corrected chi connectivity index (χ4v) is 3.78. The van der Waals surface area contributed by atoms with Gasteiger partial charge in [0.15, 0.2) is 17.8 Å². The number of benzene rings is 2. The Kier molecular flexibility index (Phi) is 5.13. The minimum atomic E-state index is 0.454. The van der Waals surface area contributed by atoms with E-state index < -0.39 is 0 Å². The number of hydrogen-bond acceptors (Lipinski definition) is 5. The third kappa shape index (κ3) is 3.61. The molecule has 0 fully saturated rings. The fourth-order valence-electron chi connectivity index (χ4n) is 3.59. The van der Waals surface area contributed by atoms with Crippen molar-refractivity contribution in [3.8, 4) is 34.0 Å². The summed E-state index contributed by atoms with van der Waals surface area (Å²) in [5.74, 6) is 1.28. The number of halogens is 1. The quantitative estimate of drug-likeness (QED) is 0.331. The molecule has 5 aromatic rings. The van der Waals surface area contributed by atoms with Gasteiger partial charge in [-0.15, -0.1) is 0 Å². The SMILES string of the molecule is COc1ccc(-c2nn(-c3nc4ncccc4cc3-c3cccc(Cl)c3)cc2C=O)cc1. The molecule has 0 radical (unpaired) electrons. The van der Waals surface area contributed by atoms with E-state index >= 15 is 0 Å². The van der Waals surface area contributed by atoms with Crippen molar-refractivity contribution in [3.05, 3.63) is 89.7 Å². The van der Waals surface area contributed by atoms with E-state index in [4.69, 9.17) is 26.4 Å². The number of nitrogens with zero attached hydrogens (tertiary/aromatic N) is 4. The lowest BCUT2D eigenvalue weighted by Gasteiger charge is -2.11. The Hall–Kier alpha value is -4.03. The van der Waals surface area contributed by atoms with E-state index in [0.717, 1.165) is 34.1 Å². The maximum atomic E-state index is 11.9. The molecular formula is C25H17ClN4O2. The number of hydrogen-bond donors (Lipinski definition) is 0. The van der Waals surface area contributed by atoms with E-state index in [1.165, 1.54) is 0 Å². The average Bonchev–Trinajstić information content (AvgIpc) is 3.27. The highest BCUT2D eigenvalue weighted by atomic mass is 35.5. The molecule has 32 heavy (non-hydrogen) atoms. The molecule has 0 atom stereocenters. The van der Waals surface area contributed by atoms with Crippen molar-refractivity contribution in [3.63, 3.8) is 0 Å². The highest BCUT2D eigenvalue weighted by Crippen LogP contribution is 2.32. The number of aldehydes is 1. The summed E-state index contributed by atoms with van der Waals surface area (Å²) < 4.78 is 6.85. The smallest absolute Gasteiger partial charge is 0.163 e. The van der Waals surface area contributed by atoms with Gasteiger partial charge in [0.25, 0.3) is 0 Å². The number of aromatic nitrogens is 4. The Morgan fingerprint density at radius 2 is 1.84 bits per heavy atom. The Morgan fingerprint density at radius 3 is 2.59 bits per heavy atom. The molecule has 3 heterocycles. The third-order valence-electron chi connectivity index (χ3n) is 5.16. The molecule has 0 aliphatic heterocycles. The first-order valence-electron chi connectivity index (χ1n) is 9.87. The zero-order valence-corrected chi connectivity index (χ0v) is 17.8. The van der Waals surface area contributed by atoms with Crippen LogP contribution < -0.4 is 4.74 Å². The largest absolute Gasteiger partial charge is 0.497 e. The number of ether oxygens (including phenoxy) is 1. The first-order valence-corrected chi connectivity index (χ1v) is 10.3. The van der Waals surface area contributed by atoms with Crippen LogP contribution in [0.25, 0.3) is 39.2 Å². The summed E-state index contributed by atoms with van der Waals surface area (Å²) in [6.45, 7) is 0. The molecular weight excluding hydrogens is 424 g/mol. The second-order valence-corrected chi connectivity index (χ2v) is 7.58. The van der Waals surface area contributed by atoms with Gasteiger partial charge in [0.05, 0.1) is 12.7 Å². The molecule has 0 aliphatic rings. The molecule has 0 amide bonds. The summed E-state index contributed by atoms with van der Waals surface area (Å²) in [5.41, 5.74) is 4.11.